The molecule has 1 atom stereocenters. The van der Waals surface area contributed by atoms with Gasteiger partial charge in [-0.15, -0.1) is 0 Å². The van der Waals surface area contributed by atoms with E-state index in [1.807, 2.05) is 11.9 Å². The lowest BCUT2D eigenvalue weighted by Crippen LogP contribution is -2.43. The van der Waals surface area contributed by atoms with Gasteiger partial charge in [0, 0.05) is 32.1 Å². The molecule has 0 heterocycles. The molecule has 2 N–H and O–H groups in total. The van der Waals surface area contributed by atoms with Crippen molar-refractivity contribution in [3.05, 3.63) is 0 Å². The molecule has 0 aliphatic heterocycles. The molecule has 2 rings (SSSR count). The van der Waals surface area contributed by atoms with Crippen molar-refractivity contribution in [3.8, 4) is 0 Å². The van der Waals surface area contributed by atoms with Crippen molar-refractivity contribution in [1.29, 1.82) is 0 Å². The number of amides is 3. The summed E-state index contributed by atoms with van der Waals surface area (Å²) in [5, 5.41) is 5.89. The van der Waals surface area contributed by atoms with E-state index in [-0.39, 0.29) is 11.9 Å². The first-order valence-corrected chi connectivity index (χ1v) is 8.88. The number of hydrogen-bond donors (Lipinski definition) is 2. The zero-order chi connectivity index (χ0) is 15.9. The van der Waals surface area contributed by atoms with Crippen molar-refractivity contribution in [3.63, 3.8) is 0 Å². The molecule has 5 heteroatoms. The lowest BCUT2D eigenvalue weighted by Gasteiger charge is -2.25. The molecule has 1 unspecified atom stereocenters. The predicted molar refractivity (Wildman–Crippen MR) is 87.6 cm³/mol. The summed E-state index contributed by atoms with van der Waals surface area (Å²) in [6.45, 7) is 2.70. The minimum atomic E-state index is -0.0842. The van der Waals surface area contributed by atoms with Crippen molar-refractivity contribution >= 4 is 11.9 Å². The highest BCUT2D eigenvalue weighted by atomic mass is 16.2. The highest BCUT2D eigenvalue weighted by Gasteiger charge is 2.32. The van der Waals surface area contributed by atoms with Crippen LogP contribution in [0.1, 0.15) is 64.7 Å². The van der Waals surface area contributed by atoms with Gasteiger partial charge in [0.1, 0.15) is 0 Å². The second kappa shape index (κ2) is 8.39. The van der Waals surface area contributed by atoms with Crippen LogP contribution in [0, 0.1) is 5.92 Å². The highest BCUT2D eigenvalue weighted by Crippen LogP contribution is 2.34. The van der Waals surface area contributed by atoms with Gasteiger partial charge in [-0.1, -0.05) is 19.3 Å². The molecule has 0 saturated heterocycles. The summed E-state index contributed by atoms with van der Waals surface area (Å²) in [7, 11) is 1.90. The lowest BCUT2D eigenvalue weighted by molar-refractivity contribution is -0.132. The van der Waals surface area contributed by atoms with Gasteiger partial charge in [0.25, 0.3) is 0 Å². The van der Waals surface area contributed by atoms with E-state index in [0.29, 0.717) is 37.4 Å². The Bertz CT molecular complexity index is 376. The largest absolute Gasteiger partial charge is 0.343 e. The van der Waals surface area contributed by atoms with E-state index in [9.17, 15) is 9.59 Å². The molecule has 2 aliphatic carbocycles. The average Bonchev–Trinajstić information content (AvgIpc) is 3.35. The molecule has 0 aromatic rings. The summed E-state index contributed by atoms with van der Waals surface area (Å²) < 4.78 is 0. The number of rotatable bonds is 7. The first-order valence-electron chi connectivity index (χ1n) is 8.88. The number of hydrogen-bond acceptors (Lipinski definition) is 2. The normalized spacial score (nSPS) is 20.3. The number of carbonyl (C=O) groups excluding carboxylic acids is 2. The monoisotopic (exact) mass is 309 g/mol. The summed E-state index contributed by atoms with van der Waals surface area (Å²) in [6.07, 6.45) is 9.62. The first-order chi connectivity index (χ1) is 10.6. The van der Waals surface area contributed by atoms with Crippen LogP contribution in [-0.2, 0) is 4.79 Å². The van der Waals surface area contributed by atoms with E-state index in [0.717, 1.165) is 12.8 Å². The van der Waals surface area contributed by atoms with Crippen LogP contribution in [0.5, 0.6) is 0 Å². The Balaban J connectivity index is 1.54. The summed E-state index contributed by atoms with van der Waals surface area (Å²) in [6, 6.07) is 0.606. The van der Waals surface area contributed by atoms with Gasteiger partial charge >= 0.3 is 6.03 Å². The molecular formula is C17H31N3O2. The number of nitrogens with one attached hydrogen (secondary N) is 2. The quantitative estimate of drug-likeness (QED) is 0.710. The van der Waals surface area contributed by atoms with Gasteiger partial charge in [-0.2, -0.15) is 0 Å². The zero-order valence-corrected chi connectivity index (χ0v) is 14.1. The molecule has 2 fully saturated rings. The molecule has 2 saturated carbocycles. The summed E-state index contributed by atoms with van der Waals surface area (Å²) in [5.41, 5.74) is 0. The maximum atomic E-state index is 12.1. The van der Waals surface area contributed by atoms with Crippen molar-refractivity contribution in [2.24, 2.45) is 5.92 Å². The lowest BCUT2D eigenvalue weighted by atomic mass is 9.96. The Morgan fingerprint density at radius 3 is 2.45 bits per heavy atom. The molecule has 0 spiro atoms. The van der Waals surface area contributed by atoms with Crippen LogP contribution in [0.4, 0.5) is 4.79 Å². The fraction of sp³-hybridized carbons (Fsp3) is 0.882. The second-order valence-corrected chi connectivity index (χ2v) is 6.92. The maximum Gasteiger partial charge on any atom is 0.315 e. The molecule has 22 heavy (non-hydrogen) atoms. The predicted octanol–water partition coefficient (Wildman–Crippen LogP) is 2.66. The summed E-state index contributed by atoms with van der Waals surface area (Å²) in [4.78, 5) is 25.7. The third-order valence-corrected chi connectivity index (χ3v) is 5.10. The van der Waals surface area contributed by atoms with Gasteiger partial charge < -0.3 is 15.5 Å². The Morgan fingerprint density at radius 2 is 1.82 bits per heavy atom. The molecule has 126 valence electrons. The SMILES string of the molecule is CC(C1CC1)N(C)C(=O)CCCNC(=O)NC1CCCCC1. The van der Waals surface area contributed by atoms with Gasteiger partial charge in [-0.3, -0.25) is 4.79 Å². The Kier molecular flexibility index (Phi) is 6.52. The fourth-order valence-corrected chi connectivity index (χ4v) is 3.22. The van der Waals surface area contributed by atoms with Gasteiger partial charge in [-0.05, 0) is 44.9 Å². The van der Waals surface area contributed by atoms with Crippen LogP contribution in [0.25, 0.3) is 0 Å². The van der Waals surface area contributed by atoms with E-state index >= 15 is 0 Å². The van der Waals surface area contributed by atoms with Gasteiger partial charge in [0.2, 0.25) is 5.91 Å². The van der Waals surface area contributed by atoms with Crippen molar-refractivity contribution in [1.82, 2.24) is 15.5 Å². The van der Waals surface area contributed by atoms with Gasteiger partial charge in [0.15, 0.2) is 0 Å². The molecule has 3 amide bonds. The van der Waals surface area contributed by atoms with Crippen molar-refractivity contribution in [2.75, 3.05) is 13.6 Å². The Labute approximate surface area is 134 Å². The molecular weight excluding hydrogens is 278 g/mol. The number of carbonyl (C=O) groups is 2. The number of nitrogens with zero attached hydrogens (tertiary/aromatic N) is 1. The standard InChI is InChI=1S/C17H31N3O2/c1-13(14-10-11-14)20(2)16(21)9-6-12-18-17(22)19-15-7-4-3-5-8-15/h13-15H,3-12H2,1-2H3,(H2,18,19,22). The maximum absolute atomic E-state index is 12.1. The fourth-order valence-electron chi connectivity index (χ4n) is 3.22. The second-order valence-electron chi connectivity index (χ2n) is 6.92. The Hall–Kier alpha value is -1.26. The first kappa shape index (κ1) is 17.1. The molecule has 2 aliphatic rings. The van der Waals surface area contributed by atoms with E-state index in [4.69, 9.17) is 0 Å². The average molecular weight is 309 g/mol. The smallest absolute Gasteiger partial charge is 0.315 e. The summed E-state index contributed by atoms with van der Waals surface area (Å²) in [5.74, 6) is 0.891. The molecule has 0 radical (unpaired) electrons. The van der Waals surface area contributed by atoms with Crippen LogP contribution in [-0.4, -0.2) is 42.5 Å². The molecule has 5 nitrogen and oxygen atoms in total. The van der Waals surface area contributed by atoms with E-state index < -0.39 is 0 Å². The van der Waals surface area contributed by atoms with Crippen LogP contribution >= 0.6 is 0 Å². The van der Waals surface area contributed by atoms with Gasteiger partial charge in [-0.25, -0.2) is 4.79 Å². The highest BCUT2D eigenvalue weighted by molar-refractivity contribution is 5.76. The molecule has 0 aromatic heterocycles. The van der Waals surface area contributed by atoms with Crippen LogP contribution in [0.15, 0.2) is 0 Å². The van der Waals surface area contributed by atoms with Crippen LogP contribution in [0.3, 0.4) is 0 Å². The number of urea groups is 1. The third-order valence-electron chi connectivity index (χ3n) is 5.10. The van der Waals surface area contributed by atoms with Crippen LogP contribution < -0.4 is 10.6 Å². The summed E-state index contributed by atoms with van der Waals surface area (Å²) >= 11 is 0. The van der Waals surface area contributed by atoms with E-state index in [1.54, 1.807) is 0 Å². The third kappa shape index (κ3) is 5.50. The van der Waals surface area contributed by atoms with E-state index in [2.05, 4.69) is 17.6 Å². The molecule has 0 aromatic carbocycles. The van der Waals surface area contributed by atoms with Crippen molar-refractivity contribution in [2.45, 2.75) is 76.8 Å². The van der Waals surface area contributed by atoms with Gasteiger partial charge in [0.05, 0.1) is 0 Å². The Morgan fingerprint density at radius 1 is 1.14 bits per heavy atom. The topological polar surface area (TPSA) is 61.4 Å². The van der Waals surface area contributed by atoms with Crippen molar-refractivity contribution < 1.29 is 9.59 Å². The minimum absolute atomic E-state index is 0.0842. The molecule has 0 bridgehead atoms. The van der Waals surface area contributed by atoms with E-state index in [1.165, 1.54) is 32.1 Å². The minimum Gasteiger partial charge on any atom is -0.343 e. The zero-order valence-electron chi connectivity index (χ0n) is 14.1. The van der Waals surface area contributed by atoms with Crippen LogP contribution in [0.2, 0.25) is 0 Å².